The van der Waals surface area contributed by atoms with E-state index in [2.05, 4.69) is 13.8 Å². The van der Waals surface area contributed by atoms with Gasteiger partial charge in [0.05, 0.1) is 10.6 Å². The smallest absolute Gasteiger partial charge is 0.266 e. The van der Waals surface area contributed by atoms with E-state index in [0.717, 1.165) is 17.0 Å². The lowest BCUT2D eigenvalue weighted by atomic mass is 10.1. The zero-order chi connectivity index (χ0) is 18.8. The number of benzene rings is 2. The van der Waals surface area contributed by atoms with Crippen molar-refractivity contribution >= 4 is 34.6 Å². The summed E-state index contributed by atoms with van der Waals surface area (Å²) in [5.74, 6) is 1.77. The number of carbonyl (C=O) groups excluding carboxylic acids is 1. The Balaban J connectivity index is 1.66. The molecule has 2 heterocycles. The Kier molecular flexibility index (Phi) is 4.90. The van der Waals surface area contributed by atoms with Gasteiger partial charge in [0.2, 0.25) is 6.79 Å². The molecular weight excluding hydrogens is 360 g/mol. The number of amides is 1. The highest BCUT2D eigenvalue weighted by Gasteiger charge is 2.33. The summed E-state index contributed by atoms with van der Waals surface area (Å²) < 4.78 is 10.8. The molecule has 0 N–H and O–H groups in total. The second-order valence-electron chi connectivity index (χ2n) is 6.76. The quantitative estimate of drug-likeness (QED) is 0.723. The minimum atomic E-state index is -0.0129. The van der Waals surface area contributed by atoms with Crippen molar-refractivity contribution in [3.63, 3.8) is 0 Å². The summed E-state index contributed by atoms with van der Waals surface area (Å²) in [6, 6.07) is 15.4. The van der Waals surface area contributed by atoms with E-state index in [1.54, 1.807) is 4.90 Å². The largest absolute Gasteiger partial charge is 0.454 e. The van der Waals surface area contributed by atoms with Crippen LogP contribution in [0.1, 0.15) is 19.4 Å². The SMILES string of the molecule is CC(C)CN1C(=O)/C(=C/c2ccc3c(c2)OCO3)SC1=Nc1ccccc1. The van der Waals surface area contributed by atoms with E-state index in [-0.39, 0.29) is 12.7 Å². The maximum absolute atomic E-state index is 13.0. The van der Waals surface area contributed by atoms with Crippen molar-refractivity contribution in [2.24, 2.45) is 10.9 Å². The third-order valence-electron chi connectivity index (χ3n) is 4.11. The van der Waals surface area contributed by atoms with E-state index in [9.17, 15) is 4.79 Å². The summed E-state index contributed by atoms with van der Waals surface area (Å²) in [5.41, 5.74) is 1.74. The first-order chi connectivity index (χ1) is 13.1. The molecule has 0 bridgehead atoms. The molecule has 1 saturated heterocycles. The van der Waals surface area contributed by atoms with Gasteiger partial charge in [0, 0.05) is 6.54 Å². The van der Waals surface area contributed by atoms with Gasteiger partial charge in [-0.3, -0.25) is 9.69 Å². The molecule has 2 aromatic carbocycles. The van der Waals surface area contributed by atoms with Gasteiger partial charge in [-0.2, -0.15) is 0 Å². The molecule has 2 aliphatic rings. The van der Waals surface area contributed by atoms with Gasteiger partial charge in [-0.25, -0.2) is 4.99 Å². The molecule has 0 aromatic heterocycles. The van der Waals surface area contributed by atoms with Crippen molar-refractivity contribution in [3.05, 3.63) is 59.0 Å². The Bertz CT molecular complexity index is 922. The van der Waals surface area contributed by atoms with Crippen LogP contribution in [0.4, 0.5) is 5.69 Å². The number of rotatable bonds is 4. The number of amidine groups is 1. The Hall–Kier alpha value is -2.73. The topological polar surface area (TPSA) is 51.1 Å². The molecular formula is C21H20N2O3S. The number of ether oxygens (including phenoxy) is 2. The van der Waals surface area contributed by atoms with Crippen molar-refractivity contribution in [2.75, 3.05) is 13.3 Å². The fourth-order valence-electron chi connectivity index (χ4n) is 2.88. The second-order valence-corrected chi connectivity index (χ2v) is 7.77. The molecule has 2 aromatic rings. The molecule has 5 nitrogen and oxygen atoms in total. The van der Waals surface area contributed by atoms with Crippen LogP contribution in [-0.2, 0) is 4.79 Å². The first kappa shape index (κ1) is 17.7. The first-order valence-corrected chi connectivity index (χ1v) is 9.66. The molecule has 2 aliphatic heterocycles. The Morgan fingerprint density at radius 1 is 1.15 bits per heavy atom. The lowest BCUT2D eigenvalue weighted by Gasteiger charge is -2.17. The van der Waals surface area contributed by atoms with Crippen molar-refractivity contribution < 1.29 is 14.3 Å². The predicted molar refractivity (Wildman–Crippen MR) is 108 cm³/mol. The van der Waals surface area contributed by atoms with Crippen LogP contribution in [0.5, 0.6) is 11.5 Å². The molecule has 1 fully saturated rings. The number of hydrogen-bond donors (Lipinski definition) is 0. The maximum atomic E-state index is 13.0. The van der Waals surface area contributed by atoms with Gasteiger partial charge in [0.25, 0.3) is 5.91 Å². The molecule has 0 aliphatic carbocycles. The second kappa shape index (κ2) is 7.48. The zero-order valence-corrected chi connectivity index (χ0v) is 16.0. The van der Waals surface area contributed by atoms with Gasteiger partial charge in [-0.05, 0) is 53.6 Å². The lowest BCUT2D eigenvalue weighted by molar-refractivity contribution is -0.122. The minimum Gasteiger partial charge on any atom is -0.454 e. The fourth-order valence-corrected chi connectivity index (χ4v) is 3.89. The summed E-state index contributed by atoms with van der Waals surface area (Å²) >= 11 is 1.41. The number of carbonyl (C=O) groups is 1. The van der Waals surface area contributed by atoms with Gasteiger partial charge in [-0.1, -0.05) is 38.1 Å². The average Bonchev–Trinajstić information content (AvgIpc) is 3.22. The van der Waals surface area contributed by atoms with Crippen LogP contribution in [0.25, 0.3) is 6.08 Å². The zero-order valence-electron chi connectivity index (χ0n) is 15.2. The maximum Gasteiger partial charge on any atom is 0.266 e. The van der Waals surface area contributed by atoms with Crippen molar-refractivity contribution in [2.45, 2.75) is 13.8 Å². The normalized spacial score (nSPS) is 18.9. The van der Waals surface area contributed by atoms with Crippen LogP contribution in [0.15, 0.2) is 58.4 Å². The summed E-state index contributed by atoms with van der Waals surface area (Å²) in [7, 11) is 0. The van der Waals surface area contributed by atoms with Crippen molar-refractivity contribution in [1.82, 2.24) is 4.90 Å². The highest BCUT2D eigenvalue weighted by atomic mass is 32.2. The molecule has 6 heteroatoms. The summed E-state index contributed by atoms with van der Waals surface area (Å²) in [6.07, 6.45) is 1.88. The molecule has 0 spiro atoms. The van der Waals surface area contributed by atoms with E-state index >= 15 is 0 Å². The standard InChI is InChI=1S/C21H20N2O3S/c1-14(2)12-23-20(24)19(27-21(23)22-16-6-4-3-5-7-16)11-15-8-9-17-18(10-15)26-13-25-17/h3-11,14H,12-13H2,1-2H3/b19-11-,22-21?. The van der Waals surface area contributed by atoms with E-state index in [1.807, 2.05) is 54.6 Å². The van der Waals surface area contributed by atoms with Crippen LogP contribution >= 0.6 is 11.8 Å². The van der Waals surface area contributed by atoms with Gasteiger partial charge < -0.3 is 9.47 Å². The van der Waals surface area contributed by atoms with Gasteiger partial charge in [-0.15, -0.1) is 0 Å². The third-order valence-corrected chi connectivity index (χ3v) is 5.12. The molecule has 1 amide bonds. The molecule has 0 saturated carbocycles. The number of para-hydroxylation sites is 1. The molecule has 138 valence electrons. The molecule has 0 unspecified atom stereocenters. The van der Waals surface area contributed by atoms with Crippen LogP contribution in [-0.4, -0.2) is 29.3 Å². The molecule has 27 heavy (non-hydrogen) atoms. The van der Waals surface area contributed by atoms with E-state index in [0.29, 0.717) is 28.3 Å². The number of aliphatic imine (C=N–C) groups is 1. The molecule has 4 rings (SSSR count). The highest BCUT2D eigenvalue weighted by molar-refractivity contribution is 8.18. The fraction of sp³-hybridized carbons (Fsp3) is 0.238. The Morgan fingerprint density at radius 3 is 2.70 bits per heavy atom. The number of hydrogen-bond acceptors (Lipinski definition) is 5. The number of nitrogens with zero attached hydrogens (tertiary/aromatic N) is 2. The Labute approximate surface area is 162 Å². The van der Waals surface area contributed by atoms with Gasteiger partial charge >= 0.3 is 0 Å². The predicted octanol–water partition coefficient (Wildman–Crippen LogP) is 4.68. The highest BCUT2D eigenvalue weighted by Crippen LogP contribution is 2.37. The summed E-state index contributed by atoms with van der Waals surface area (Å²) in [5, 5.41) is 0.715. The number of thioether (sulfide) groups is 1. The van der Waals surface area contributed by atoms with Crippen molar-refractivity contribution in [1.29, 1.82) is 0 Å². The van der Waals surface area contributed by atoms with Crippen LogP contribution in [0.2, 0.25) is 0 Å². The van der Waals surface area contributed by atoms with Gasteiger partial charge in [0.1, 0.15) is 0 Å². The summed E-state index contributed by atoms with van der Waals surface area (Å²) in [4.78, 5) is 20.1. The minimum absolute atomic E-state index is 0.0129. The lowest BCUT2D eigenvalue weighted by Crippen LogP contribution is -2.32. The van der Waals surface area contributed by atoms with Crippen LogP contribution in [0.3, 0.4) is 0 Å². The third kappa shape index (κ3) is 3.85. The van der Waals surface area contributed by atoms with E-state index in [1.165, 1.54) is 11.8 Å². The Morgan fingerprint density at radius 2 is 1.93 bits per heavy atom. The van der Waals surface area contributed by atoms with Crippen LogP contribution < -0.4 is 9.47 Å². The molecule has 0 atom stereocenters. The van der Waals surface area contributed by atoms with E-state index < -0.39 is 0 Å². The molecule has 0 radical (unpaired) electrons. The van der Waals surface area contributed by atoms with Crippen molar-refractivity contribution in [3.8, 4) is 11.5 Å². The monoisotopic (exact) mass is 380 g/mol. The van der Waals surface area contributed by atoms with Crippen LogP contribution in [0, 0.1) is 5.92 Å². The first-order valence-electron chi connectivity index (χ1n) is 8.85. The van der Waals surface area contributed by atoms with E-state index in [4.69, 9.17) is 14.5 Å². The van der Waals surface area contributed by atoms with Gasteiger partial charge in [0.15, 0.2) is 16.7 Å². The summed E-state index contributed by atoms with van der Waals surface area (Å²) in [6.45, 7) is 5.06. The number of fused-ring (bicyclic) bond motifs is 1. The average molecular weight is 380 g/mol.